The van der Waals surface area contributed by atoms with Crippen molar-refractivity contribution in [3.63, 3.8) is 0 Å². The molecule has 0 saturated carbocycles. The smallest absolute Gasteiger partial charge is 0.290 e. The Morgan fingerprint density at radius 3 is 2.23 bits per heavy atom. The molecule has 0 unspecified atom stereocenters. The molecule has 31 heavy (non-hydrogen) atoms. The molecule has 0 atom stereocenters. The third kappa shape index (κ3) is 3.92. The quantitative estimate of drug-likeness (QED) is 0.623. The summed E-state index contributed by atoms with van der Waals surface area (Å²) in [6, 6.07) is 18.9. The molecule has 2 aromatic carbocycles. The first kappa shape index (κ1) is 20.3. The van der Waals surface area contributed by atoms with Crippen molar-refractivity contribution in [2.24, 2.45) is 0 Å². The first-order valence-electron chi connectivity index (χ1n) is 8.85. The zero-order chi connectivity index (χ0) is 22.0. The minimum Gasteiger partial charge on any atom is -0.321 e. The molecule has 1 fully saturated rings. The number of hydrogen-bond acceptors (Lipinski definition) is 7. The number of anilines is 1. The molecule has 3 aromatic rings. The Kier molecular flexibility index (Phi) is 5.53. The minimum absolute atomic E-state index is 0.0209. The van der Waals surface area contributed by atoms with Gasteiger partial charge in [-0.15, -0.1) is 11.3 Å². The number of nitrogens with one attached hydrogen (secondary N) is 2. The molecule has 1 aliphatic rings. The number of para-hydroxylation sites is 2. The van der Waals surface area contributed by atoms with Gasteiger partial charge in [0.15, 0.2) is 5.57 Å². The van der Waals surface area contributed by atoms with E-state index in [0.717, 1.165) is 11.3 Å². The number of nitrogens with zero attached hydrogens (tertiary/aromatic N) is 2. The average Bonchev–Trinajstić information content (AvgIpc) is 3.28. The van der Waals surface area contributed by atoms with E-state index in [2.05, 4.69) is 10.6 Å². The first-order valence-corrected chi connectivity index (χ1v) is 10.5. The molecule has 0 bridgehead atoms. The second-order valence-corrected chi connectivity index (χ2v) is 8.17. The highest BCUT2D eigenvalue weighted by Gasteiger charge is 2.29. The van der Waals surface area contributed by atoms with Crippen LogP contribution in [0, 0.1) is 11.3 Å². The van der Waals surface area contributed by atoms with Crippen LogP contribution in [0.4, 0.5) is 10.5 Å². The van der Waals surface area contributed by atoms with Crippen LogP contribution in [0.15, 0.2) is 65.5 Å². The van der Waals surface area contributed by atoms with Crippen LogP contribution in [-0.4, -0.2) is 21.6 Å². The zero-order valence-electron chi connectivity index (χ0n) is 15.6. The molecule has 0 radical (unpaired) electrons. The number of amides is 3. The number of benzene rings is 2. The monoisotopic (exact) mass is 448 g/mol. The van der Waals surface area contributed by atoms with Gasteiger partial charge in [0.2, 0.25) is 0 Å². The van der Waals surface area contributed by atoms with Gasteiger partial charge >= 0.3 is 0 Å². The molecule has 4 rings (SSSR count). The number of carbonyl (C=O) groups is 3. The fraction of sp³-hybridized carbons (Fsp3) is 0. The van der Waals surface area contributed by atoms with E-state index in [1.807, 2.05) is 6.07 Å². The predicted molar refractivity (Wildman–Crippen MR) is 118 cm³/mol. The molecule has 10 heteroatoms. The lowest BCUT2D eigenvalue weighted by Crippen LogP contribution is -2.33. The molecular formula is C21H12N4O4S2. The molecule has 0 aliphatic carbocycles. The van der Waals surface area contributed by atoms with Crippen molar-refractivity contribution in [1.29, 1.82) is 5.26 Å². The van der Waals surface area contributed by atoms with Gasteiger partial charge in [0.05, 0.1) is 5.69 Å². The summed E-state index contributed by atoms with van der Waals surface area (Å²) in [5.41, 5.74) is 0.00660. The largest absolute Gasteiger partial charge is 0.321 e. The van der Waals surface area contributed by atoms with E-state index in [9.17, 15) is 24.4 Å². The lowest BCUT2D eigenvalue weighted by molar-refractivity contribution is -0.114. The first-order chi connectivity index (χ1) is 15.0. The van der Waals surface area contributed by atoms with Gasteiger partial charge in [-0.05, 0) is 36.0 Å². The van der Waals surface area contributed by atoms with Crippen LogP contribution in [-0.2, 0) is 9.59 Å². The van der Waals surface area contributed by atoms with Crippen LogP contribution < -0.4 is 25.4 Å². The SMILES string of the molecule is N#C/C(C(=O)Nc1ccccc1)=c1/s/c(=C2\SC(=O)NC2=O)c(=O)n1-c1ccccc1. The lowest BCUT2D eigenvalue weighted by atomic mass is 10.2. The molecule has 1 aliphatic heterocycles. The normalized spacial score (nSPS) is 15.8. The van der Waals surface area contributed by atoms with Crippen LogP contribution in [0.2, 0.25) is 0 Å². The van der Waals surface area contributed by atoms with E-state index in [1.165, 1.54) is 4.57 Å². The standard InChI is InChI=1S/C21H12N4O4S2/c22-11-14(17(26)23-12-7-3-1-4-8-12)20-25(13-9-5-2-6-10-13)19(28)16(30-20)15-18(27)24-21(29)31-15/h1-10H,(H,23,26)(H,24,27,29)/b16-15-,20-14-. The number of hydrogen-bond donors (Lipinski definition) is 2. The van der Waals surface area contributed by atoms with Crippen LogP contribution in [0.5, 0.6) is 0 Å². The van der Waals surface area contributed by atoms with E-state index in [0.29, 0.717) is 23.1 Å². The maximum atomic E-state index is 13.2. The Balaban J connectivity index is 2.01. The number of thiazole rings is 1. The van der Waals surface area contributed by atoms with Gasteiger partial charge < -0.3 is 5.32 Å². The zero-order valence-corrected chi connectivity index (χ0v) is 17.3. The molecule has 0 spiro atoms. The van der Waals surface area contributed by atoms with Crippen LogP contribution in [0.1, 0.15) is 0 Å². The van der Waals surface area contributed by atoms with Crippen molar-refractivity contribution in [2.75, 3.05) is 5.32 Å². The van der Waals surface area contributed by atoms with E-state index < -0.39 is 22.6 Å². The van der Waals surface area contributed by atoms with Gasteiger partial charge in [-0.1, -0.05) is 36.4 Å². The van der Waals surface area contributed by atoms with Crippen molar-refractivity contribution < 1.29 is 14.4 Å². The molecule has 152 valence electrons. The van der Waals surface area contributed by atoms with E-state index in [4.69, 9.17) is 0 Å². The topological polar surface area (TPSA) is 121 Å². The van der Waals surface area contributed by atoms with Crippen molar-refractivity contribution in [3.8, 4) is 11.8 Å². The maximum absolute atomic E-state index is 13.2. The Hall–Kier alpha value is -3.94. The lowest BCUT2D eigenvalue weighted by Gasteiger charge is -2.05. The van der Waals surface area contributed by atoms with Crippen molar-refractivity contribution in [2.45, 2.75) is 0 Å². The van der Waals surface area contributed by atoms with E-state index in [-0.39, 0.29) is 19.7 Å². The summed E-state index contributed by atoms with van der Waals surface area (Å²) in [6.07, 6.45) is 0. The fourth-order valence-corrected chi connectivity index (χ4v) is 4.85. The van der Waals surface area contributed by atoms with Gasteiger partial charge in [-0.2, -0.15) is 5.26 Å². The summed E-state index contributed by atoms with van der Waals surface area (Å²) in [7, 11) is 0. The van der Waals surface area contributed by atoms with Crippen LogP contribution in [0.3, 0.4) is 0 Å². The van der Waals surface area contributed by atoms with Crippen LogP contribution in [0.25, 0.3) is 16.2 Å². The Labute approximate surface area is 183 Å². The molecular weight excluding hydrogens is 436 g/mol. The molecule has 1 aromatic heterocycles. The number of imide groups is 1. The molecule has 1 saturated heterocycles. The summed E-state index contributed by atoms with van der Waals surface area (Å²) in [5, 5.41) is 13.9. The predicted octanol–water partition coefficient (Wildman–Crippen LogP) is 1.30. The number of aromatic nitrogens is 1. The summed E-state index contributed by atoms with van der Waals surface area (Å²) < 4.78 is 1.24. The number of rotatable bonds is 3. The summed E-state index contributed by atoms with van der Waals surface area (Å²) in [5.74, 6) is -1.39. The van der Waals surface area contributed by atoms with Gasteiger partial charge in [0, 0.05) is 5.69 Å². The minimum atomic E-state index is -0.698. The fourth-order valence-electron chi connectivity index (χ4n) is 2.87. The van der Waals surface area contributed by atoms with Crippen molar-refractivity contribution >= 4 is 56.3 Å². The Morgan fingerprint density at radius 2 is 1.65 bits per heavy atom. The second-order valence-electron chi connectivity index (χ2n) is 6.19. The Morgan fingerprint density at radius 1 is 1.00 bits per heavy atom. The van der Waals surface area contributed by atoms with E-state index in [1.54, 1.807) is 60.7 Å². The highest BCUT2D eigenvalue weighted by molar-refractivity contribution is 8.23. The molecule has 3 amide bonds. The maximum Gasteiger partial charge on any atom is 0.290 e. The van der Waals surface area contributed by atoms with Crippen molar-refractivity contribution in [3.05, 3.63) is 80.2 Å². The van der Waals surface area contributed by atoms with Gasteiger partial charge in [-0.3, -0.25) is 29.1 Å². The summed E-state index contributed by atoms with van der Waals surface area (Å²) in [6.45, 7) is 0. The number of nitriles is 1. The molecule has 2 heterocycles. The van der Waals surface area contributed by atoms with Crippen molar-refractivity contribution in [1.82, 2.24) is 9.88 Å². The second kappa shape index (κ2) is 8.43. The Bertz CT molecular complexity index is 1430. The third-order valence-electron chi connectivity index (χ3n) is 4.22. The van der Waals surface area contributed by atoms with Gasteiger partial charge in [0.25, 0.3) is 22.6 Å². The summed E-state index contributed by atoms with van der Waals surface area (Å²) in [4.78, 5) is 49.7. The third-order valence-corrected chi connectivity index (χ3v) is 6.39. The highest BCUT2D eigenvalue weighted by Crippen LogP contribution is 2.22. The van der Waals surface area contributed by atoms with Gasteiger partial charge in [0.1, 0.15) is 20.2 Å². The number of thioether (sulfide) groups is 1. The number of carbonyl (C=O) groups excluding carboxylic acids is 3. The molecule has 8 nitrogen and oxygen atoms in total. The van der Waals surface area contributed by atoms with Gasteiger partial charge in [-0.25, -0.2) is 0 Å². The summed E-state index contributed by atoms with van der Waals surface area (Å²) >= 11 is 1.42. The molecule has 2 N–H and O–H groups in total. The average molecular weight is 448 g/mol. The highest BCUT2D eigenvalue weighted by atomic mass is 32.2. The van der Waals surface area contributed by atoms with Crippen LogP contribution >= 0.6 is 23.1 Å². The van der Waals surface area contributed by atoms with E-state index >= 15 is 0 Å².